The number of rotatable bonds is 2. The Kier molecular flexibility index (Phi) is 1.48. The molecule has 0 bridgehead atoms. The minimum absolute atomic E-state index is 0.504. The van der Waals surface area contributed by atoms with Crippen molar-refractivity contribution in [2.45, 2.75) is 38.5 Å². The smallest absolute Gasteiger partial charge is 0.181 e. The van der Waals surface area contributed by atoms with Crippen LogP contribution in [0.5, 0.6) is 0 Å². The second-order valence-electron chi connectivity index (χ2n) is 3.53. The van der Waals surface area contributed by atoms with Gasteiger partial charge < -0.3 is 4.42 Å². The molecule has 0 radical (unpaired) electrons. The number of nitrogens with zero attached hydrogens (tertiary/aromatic N) is 1. The summed E-state index contributed by atoms with van der Waals surface area (Å²) in [6, 6.07) is 0. The summed E-state index contributed by atoms with van der Waals surface area (Å²) in [6.45, 7) is 4.31. The monoisotopic (exact) mass is 151 g/mol. The second-order valence-corrected chi connectivity index (χ2v) is 3.53. The van der Waals surface area contributed by atoms with E-state index in [4.69, 9.17) is 4.42 Å². The predicted molar refractivity (Wildman–Crippen MR) is 42.6 cm³/mol. The molecule has 0 aliphatic heterocycles. The summed E-state index contributed by atoms with van der Waals surface area (Å²) in [5, 5.41) is 0. The molecular weight excluding hydrogens is 138 g/mol. The van der Waals surface area contributed by atoms with Gasteiger partial charge in [0.2, 0.25) is 0 Å². The van der Waals surface area contributed by atoms with Crippen LogP contribution in [0.25, 0.3) is 0 Å². The first-order chi connectivity index (χ1) is 5.29. The topological polar surface area (TPSA) is 26.0 Å². The van der Waals surface area contributed by atoms with E-state index in [1.807, 2.05) is 0 Å². The van der Waals surface area contributed by atoms with Gasteiger partial charge in [0.25, 0.3) is 0 Å². The van der Waals surface area contributed by atoms with Gasteiger partial charge in [0.15, 0.2) is 6.39 Å². The number of hydrogen-bond donors (Lipinski definition) is 0. The molecule has 60 valence electrons. The first-order valence-electron chi connectivity index (χ1n) is 4.22. The molecule has 1 fully saturated rings. The summed E-state index contributed by atoms with van der Waals surface area (Å²) in [5.74, 6) is 2.33. The summed E-state index contributed by atoms with van der Waals surface area (Å²) in [7, 11) is 0. The van der Waals surface area contributed by atoms with Gasteiger partial charge in [-0.05, 0) is 18.8 Å². The highest BCUT2D eigenvalue weighted by Crippen LogP contribution is 2.42. The SMILES string of the molecule is CC(C)c1ncoc1C1CC1. The Morgan fingerprint density at radius 3 is 2.82 bits per heavy atom. The van der Waals surface area contributed by atoms with Crippen molar-refractivity contribution in [3.8, 4) is 0 Å². The fourth-order valence-electron chi connectivity index (χ4n) is 1.35. The Hall–Kier alpha value is -0.790. The van der Waals surface area contributed by atoms with Crippen LogP contribution in [0.1, 0.15) is 50.0 Å². The van der Waals surface area contributed by atoms with Gasteiger partial charge in [0, 0.05) is 5.92 Å². The molecule has 0 saturated heterocycles. The van der Waals surface area contributed by atoms with E-state index in [0.717, 1.165) is 11.5 Å². The van der Waals surface area contributed by atoms with Crippen molar-refractivity contribution in [3.63, 3.8) is 0 Å². The maximum absolute atomic E-state index is 5.34. The molecule has 1 aromatic heterocycles. The van der Waals surface area contributed by atoms with Crippen LogP contribution in [-0.4, -0.2) is 4.98 Å². The quantitative estimate of drug-likeness (QED) is 0.649. The van der Waals surface area contributed by atoms with Crippen molar-refractivity contribution in [2.24, 2.45) is 0 Å². The van der Waals surface area contributed by atoms with Gasteiger partial charge in [-0.3, -0.25) is 0 Å². The maximum Gasteiger partial charge on any atom is 0.181 e. The zero-order chi connectivity index (χ0) is 7.84. The van der Waals surface area contributed by atoms with Crippen LogP contribution in [0.2, 0.25) is 0 Å². The lowest BCUT2D eigenvalue weighted by atomic mass is 10.1. The molecule has 11 heavy (non-hydrogen) atoms. The average Bonchev–Trinajstić information content (AvgIpc) is 2.68. The summed E-state index contributed by atoms with van der Waals surface area (Å²) in [4.78, 5) is 4.21. The maximum atomic E-state index is 5.34. The van der Waals surface area contributed by atoms with Gasteiger partial charge in [-0.1, -0.05) is 13.8 Å². The summed E-state index contributed by atoms with van der Waals surface area (Å²) in [5.41, 5.74) is 1.16. The third kappa shape index (κ3) is 1.17. The van der Waals surface area contributed by atoms with Crippen molar-refractivity contribution in [2.75, 3.05) is 0 Å². The zero-order valence-electron chi connectivity index (χ0n) is 7.00. The number of oxazole rings is 1. The second kappa shape index (κ2) is 2.36. The molecule has 0 unspecified atom stereocenters. The van der Waals surface area contributed by atoms with Crippen LogP contribution in [0.3, 0.4) is 0 Å². The first kappa shape index (κ1) is 6.89. The van der Waals surface area contributed by atoms with Gasteiger partial charge in [-0.15, -0.1) is 0 Å². The van der Waals surface area contributed by atoms with E-state index in [0.29, 0.717) is 11.8 Å². The van der Waals surface area contributed by atoms with Crippen LogP contribution >= 0.6 is 0 Å². The van der Waals surface area contributed by atoms with Gasteiger partial charge in [0.05, 0.1) is 5.69 Å². The highest BCUT2D eigenvalue weighted by molar-refractivity contribution is 5.20. The molecular formula is C9H13NO. The minimum Gasteiger partial charge on any atom is -0.448 e. The van der Waals surface area contributed by atoms with E-state index >= 15 is 0 Å². The lowest BCUT2D eigenvalue weighted by Crippen LogP contribution is -1.91. The molecule has 1 saturated carbocycles. The molecule has 2 heteroatoms. The van der Waals surface area contributed by atoms with Gasteiger partial charge in [-0.25, -0.2) is 4.98 Å². The van der Waals surface area contributed by atoms with E-state index in [1.54, 1.807) is 6.39 Å². The molecule has 0 N–H and O–H groups in total. The summed E-state index contributed by atoms with van der Waals surface area (Å²) < 4.78 is 5.34. The third-order valence-corrected chi connectivity index (χ3v) is 2.12. The molecule has 1 aromatic rings. The Labute approximate surface area is 66.6 Å². The lowest BCUT2D eigenvalue weighted by Gasteiger charge is -2.00. The largest absolute Gasteiger partial charge is 0.448 e. The van der Waals surface area contributed by atoms with Gasteiger partial charge in [0.1, 0.15) is 5.76 Å². The van der Waals surface area contributed by atoms with E-state index in [1.165, 1.54) is 12.8 Å². The molecule has 2 rings (SSSR count). The normalized spacial score (nSPS) is 17.7. The van der Waals surface area contributed by atoms with Crippen molar-refractivity contribution in [1.82, 2.24) is 4.98 Å². The Balaban J connectivity index is 2.30. The Morgan fingerprint density at radius 1 is 1.55 bits per heavy atom. The number of hydrogen-bond acceptors (Lipinski definition) is 2. The van der Waals surface area contributed by atoms with Crippen molar-refractivity contribution >= 4 is 0 Å². The van der Waals surface area contributed by atoms with E-state index in [2.05, 4.69) is 18.8 Å². The van der Waals surface area contributed by atoms with Crippen LogP contribution in [-0.2, 0) is 0 Å². The van der Waals surface area contributed by atoms with E-state index in [9.17, 15) is 0 Å². The van der Waals surface area contributed by atoms with Crippen molar-refractivity contribution < 1.29 is 4.42 Å². The van der Waals surface area contributed by atoms with Crippen LogP contribution in [0, 0.1) is 0 Å². The van der Waals surface area contributed by atoms with E-state index in [-0.39, 0.29) is 0 Å². The van der Waals surface area contributed by atoms with Crippen LogP contribution in [0.15, 0.2) is 10.8 Å². The molecule has 1 aliphatic carbocycles. The summed E-state index contributed by atoms with van der Waals surface area (Å²) in [6.07, 6.45) is 4.15. The highest BCUT2D eigenvalue weighted by atomic mass is 16.3. The molecule has 1 aliphatic rings. The fourth-order valence-corrected chi connectivity index (χ4v) is 1.35. The Morgan fingerprint density at radius 2 is 2.27 bits per heavy atom. The first-order valence-corrected chi connectivity index (χ1v) is 4.22. The van der Waals surface area contributed by atoms with E-state index < -0.39 is 0 Å². The lowest BCUT2D eigenvalue weighted by molar-refractivity contribution is 0.501. The van der Waals surface area contributed by atoms with Gasteiger partial charge in [-0.2, -0.15) is 0 Å². The highest BCUT2D eigenvalue weighted by Gasteiger charge is 2.30. The van der Waals surface area contributed by atoms with Gasteiger partial charge >= 0.3 is 0 Å². The van der Waals surface area contributed by atoms with Crippen molar-refractivity contribution in [1.29, 1.82) is 0 Å². The average molecular weight is 151 g/mol. The molecule has 0 atom stereocenters. The third-order valence-electron chi connectivity index (χ3n) is 2.12. The molecule has 2 nitrogen and oxygen atoms in total. The molecule has 1 heterocycles. The Bertz CT molecular complexity index is 231. The zero-order valence-corrected chi connectivity index (χ0v) is 7.00. The fraction of sp³-hybridized carbons (Fsp3) is 0.667. The van der Waals surface area contributed by atoms with Crippen LogP contribution < -0.4 is 0 Å². The molecule has 0 aromatic carbocycles. The predicted octanol–water partition coefficient (Wildman–Crippen LogP) is 2.68. The molecule has 0 amide bonds. The number of aromatic nitrogens is 1. The summed E-state index contributed by atoms with van der Waals surface area (Å²) >= 11 is 0. The molecule has 0 spiro atoms. The van der Waals surface area contributed by atoms with Crippen molar-refractivity contribution in [3.05, 3.63) is 17.8 Å². The standard InChI is InChI=1S/C9H13NO/c1-6(2)8-9(7-3-4-7)11-5-10-8/h5-7H,3-4H2,1-2H3. The minimum atomic E-state index is 0.504. The van der Waals surface area contributed by atoms with Crippen LogP contribution in [0.4, 0.5) is 0 Å².